The largest absolute Gasteiger partial charge is 0.391 e. The molecule has 1 aromatic rings. The molecule has 0 aromatic heterocycles. The number of aliphatic hydroxyl groups excluding tert-OH is 1. The lowest BCUT2D eigenvalue weighted by molar-refractivity contribution is -0.130. The molecule has 1 aliphatic carbocycles. The van der Waals surface area contributed by atoms with Crippen LogP contribution in [0.25, 0.3) is 6.08 Å². The third kappa shape index (κ3) is 3.67. The van der Waals surface area contributed by atoms with Gasteiger partial charge in [-0.25, -0.2) is 4.39 Å². The van der Waals surface area contributed by atoms with Gasteiger partial charge in [0.05, 0.1) is 12.1 Å². The van der Waals surface area contributed by atoms with Crippen molar-refractivity contribution in [1.29, 1.82) is 0 Å². The van der Waals surface area contributed by atoms with Crippen molar-refractivity contribution in [3.8, 4) is 0 Å². The minimum absolute atomic E-state index is 0.117. The van der Waals surface area contributed by atoms with Gasteiger partial charge in [0.15, 0.2) is 0 Å². The van der Waals surface area contributed by atoms with Crippen LogP contribution < -0.4 is 0 Å². The molecule has 0 radical (unpaired) electrons. The third-order valence-corrected chi connectivity index (χ3v) is 3.81. The van der Waals surface area contributed by atoms with Crippen LogP contribution >= 0.6 is 0 Å². The van der Waals surface area contributed by atoms with E-state index in [-0.39, 0.29) is 17.8 Å². The smallest absolute Gasteiger partial charge is 0.246 e. The van der Waals surface area contributed by atoms with Gasteiger partial charge in [-0.1, -0.05) is 25.0 Å². The highest BCUT2D eigenvalue weighted by molar-refractivity contribution is 5.91. The highest BCUT2D eigenvalue weighted by atomic mass is 19.1. The van der Waals surface area contributed by atoms with Crippen LogP contribution in [0.3, 0.4) is 0 Å². The number of aliphatic hydroxyl groups is 1. The second-order valence-corrected chi connectivity index (χ2v) is 5.26. The summed E-state index contributed by atoms with van der Waals surface area (Å²) in [5.74, 6) is -0.490. The van der Waals surface area contributed by atoms with E-state index in [1.165, 1.54) is 18.2 Å². The first-order valence-electron chi connectivity index (χ1n) is 6.96. The molecule has 1 saturated carbocycles. The maximum Gasteiger partial charge on any atom is 0.246 e. The van der Waals surface area contributed by atoms with Gasteiger partial charge in [-0.3, -0.25) is 4.79 Å². The molecule has 0 aliphatic heterocycles. The first kappa shape index (κ1) is 14.7. The number of nitrogens with zero attached hydrogens (tertiary/aromatic N) is 1. The predicted octanol–water partition coefficient (Wildman–Crippen LogP) is 2.60. The van der Waals surface area contributed by atoms with E-state index < -0.39 is 6.10 Å². The number of carbonyl (C=O) groups excluding carboxylic acids is 1. The minimum atomic E-state index is -0.444. The van der Waals surface area contributed by atoms with Crippen LogP contribution in [0.4, 0.5) is 4.39 Å². The molecule has 1 amide bonds. The number of rotatable bonds is 3. The van der Waals surface area contributed by atoms with Crippen LogP contribution in [0.15, 0.2) is 30.3 Å². The fourth-order valence-electron chi connectivity index (χ4n) is 2.60. The Morgan fingerprint density at radius 2 is 2.15 bits per heavy atom. The summed E-state index contributed by atoms with van der Waals surface area (Å²) in [6.07, 6.45) is 6.20. The topological polar surface area (TPSA) is 40.5 Å². The molecular formula is C16H20FNO2. The Kier molecular flexibility index (Phi) is 4.90. The molecule has 2 atom stereocenters. The van der Waals surface area contributed by atoms with Gasteiger partial charge in [0, 0.05) is 13.1 Å². The van der Waals surface area contributed by atoms with E-state index >= 15 is 0 Å². The van der Waals surface area contributed by atoms with Gasteiger partial charge in [0.1, 0.15) is 5.82 Å². The van der Waals surface area contributed by atoms with E-state index in [0.29, 0.717) is 5.56 Å². The van der Waals surface area contributed by atoms with Crippen LogP contribution in [-0.4, -0.2) is 35.1 Å². The van der Waals surface area contributed by atoms with Gasteiger partial charge in [-0.05, 0) is 36.6 Å². The Morgan fingerprint density at radius 1 is 1.40 bits per heavy atom. The highest BCUT2D eigenvalue weighted by Gasteiger charge is 2.28. The molecule has 20 heavy (non-hydrogen) atoms. The number of benzene rings is 1. The molecule has 4 heteroatoms. The normalized spacial score (nSPS) is 22.9. The van der Waals surface area contributed by atoms with Crippen molar-refractivity contribution in [2.45, 2.75) is 37.8 Å². The van der Waals surface area contributed by atoms with Crippen molar-refractivity contribution in [3.63, 3.8) is 0 Å². The van der Waals surface area contributed by atoms with Crippen molar-refractivity contribution in [3.05, 3.63) is 41.7 Å². The second-order valence-electron chi connectivity index (χ2n) is 5.26. The molecule has 0 saturated heterocycles. The van der Waals surface area contributed by atoms with Crippen LogP contribution in [0, 0.1) is 5.82 Å². The Hall–Kier alpha value is -1.68. The van der Waals surface area contributed by atoms with Crippen LogP contribution in [0.1, 0.15) is 31.2 Å². The van der Waals surface area contributed by atoms with Gasteiger partial charge >= 0.3 is 0 Å². The predicted molar refractivity (Wildman–Crippen MR) is 76.5 cm³/mol. The zero-order valence-electron chi connectivity index (χ0n) is 11.6. The Balaban J connectivity index is 2.00. The monoisotopic (exact) mass is 277 g/mol. The summed E-state index contributed by atoms with van der Waals surface area (Å²) in [5.41, 5.74) is 0.649. The molecule has 108 valence electrons. The zero-order valence-corrected chi connectivity index (χ0v) is 11.6. The maximum atomic E-state index is 13.0. The van der Waals surface area contributed by atoms with Crippen molar-refractivity contribution in [1.82, 2.24) is 4.90 Å². The van der Waals surface area contributed by atoms with Crippen LogP contribution in [-0.2, 0) is 4.79 Å². The molecule has 1 aliphatic rings. The van der Waals surface area contributed by atoms with E-state index in [1.54, 1.807) is 30.2 Å². The van der Waals surface area contributed by atoms with E-state index in [0.717, 1.165) is 25.7 Å². The number of likely N-dealkylation sites (N-methyl/N-ethyl adjacent to an activating group) is 1. The fourth-order valence-corrected chi connectivity index (χ4v) is 2.60. The molecule has 2 rings (SSSR count). The van der Waals surface area contributed by atoms with Gasteiger partial charge < -0.3 is 10.0 Å². The number of hydrogen-bond donors (Lipinski definition) is 1. The van der Waals surface area contributed by atoms with Crippen molar-refractivity contribution in [2.75, 3.05) is 7.05 Å². The minimum Gasteiger partial charge on any atom is -0.391 e. The summed E-state index contributed by atoms with van der Waals surface area (Å²) in [7, 11) is 1.71. The summed E-state index contributed by atoms with van der Waals surface area (Å²) in [4.78, 5) is 13.7. The van der Waals surface area contributed by atoms with Crippen molar-refractivity contribution in [2.24, 2.45) is 0 Å². The molecule has 0 spiro atoms. The summed E-state index contributed by atoms with van der Waals surface area (Å²) >= 11 is 0. The number of amides is 1. The van der Waals surface area contributed by atoms with Gasteiger partial charge in [0.25, 0.3) is 0 Å². The molecule has 0 bridgehead atoms. The van der Waals surface area contributed by atoms with Crippen LogP contribution in [0.2, 0.25) is 0 Å². The fraction of sp³-hybridized carbons (Fsp3) is 0.438. The number of carbonyl (C=O) groups is 1. The van der Waals surface area contributed by atoms with E-state index in [4.69, 9.17) is 0 Å². The van der Waals surface area contributed by atoms with Gasteiger partial charge in [-0.15, -0.1) is 0 Å². The lowest BCUT2D eigenvalue weighted by atomic mass is 9.91. The lowest BCUT2D eigenvalue weighted by Crippen LogP contribution is -2.45. The molecule has 1 aromatic carbocycles. The van der Waals surface area contributed by atoms with E-state index in [1.807, 2.05) is 0 Å². The maximum absolute atomic E-state index is 13.0. The van der Waals surface area contributed by atoms with Gasteiger partial charge in [-0.2, -0.15) is 0 Å². The Labute approximate surface area is 118 Å². The van der Waals surface area contributed by atoms with E-state index in [2.05, 4.69) is 0 Å². The summed E-state index contributed by atoms with van der Waals surface area (Å²) in [6, 6.07) is 5.97. The Bertz CT molecular complexity index is 501. The molecular weight excluding hydrogens is 257 g/mol. The molecule has 1 N–H and O–H groups in total. The average molecular weight is 277 g/mol. The third-order valence-electron chi connectivity index (χ3n) is 3.81. The number of hydrogen-bond acceptors (Lipinski definition) is 2. The SMILES string of the molecule is CN(C(=O)/C=C/c1cccc(F)c1)C1CCCCC1O. The zero-order chi connectivity index (χ0) is 14.5. The van der Waals surface area contributed by atoms with Crippen molar-refractivity contribution < 1.29 is 14.3 Å². The van der Waals surface area contributed by atoms with Gasteiger partial charge in [0.2, 0.25) is 5.91 Å². The van der Waals surface area contributed by atoms with Crippen LogP contribution in [0.5, 0.6) is 0 Å². The highest BCUT2D eigenvalue weighted by Crippen LogP contribution is 2.22. The quantitative estimate of drug-likeness (QED) is 0.863. The molecule has 2 unspecified atom stereocenters. The number of halogens is 1. The standard InChI is InChI=1S/C16H20FNO2/c1-18(14-7-2-3-8-15(14)19)16(20)10-9-12-5-4-6-13(17)11-12/h4-6,9-11,14-15,19H,2-3,7-8H2,1H3/b10-9+. The summed E-state index contributed by atoms with van der Waals surface area (Å²) in [6.45, 7) is 0. The first-order valence-corrected chi connectivity index (χ1v) is 6.96. The summed E-state index contributed by atoms with van der Waals surface area (Å²) < 4.78 is 13.0. The van der Waals surface area contributed by atoms with Crippen molar-refractivity contribution >= 4 is 12.0 Å². The molecule has 3 nitrogen and oxygen atoms in total. The average Bonchev–Trinajstić information content (AvgIpc) is 2.44. The lowest BCUT2D eigenvalue weighted by Gasteiger charge is -2.34. The summed E-state index contributed by atoms with van der Waals surface area (Å²) in [5, 5.41) is 9.94. The Morgan fingerprint density at radius 3 is 2.85 bits per heavy atom. The molecule has 0 heterocycles. The molecule has 1 fully saturated rings. The first-order chi connectivity index (χ1) is 9.58. The van der Waals surface area contributed by atoms with E-state index in [9.17, 15) is 14.3 Å². The second kappa shape index (κ2) is 6.66.